The van der Waals surface area contributed by atoms with Gasteiger partial charge in [0, 0.05) is 29.2 Å². The zero-order valence-electron chi connectivity index (χ0n) is 13.4. The summed E-state index contributed by atoms with van der Waals surface area (Å²) < 4.78 is 7.40. The Labute approximate surface area is 137 Å². The number of likely N-dealkylation sites (tertiary alicyclic amines) is 1. The van der Waals surface area contributed by atoms with E-state index in [-0.39, 0.29) is 0 Å². The summed E-state index contributed by atoms with van der Waals surface area (Å²) in [4.78, 5) is 2.37. The number of hydrogen-bond donors (Lipinski definition) is 1. The van der Waals surface area contributed by atoms with E-state index in [9.17, 15) is 0 Å². The molecule has 0 bridgehead atoms. The third-order valence-electron chi connectivity index (χ3n) is 4.10. The summed E-state index contributed by atoms with van der Waals surface area (Å²) in [5.74, 6) is 1.02. The van der Waals surface area contributed by atoms with E-state index in [1.165, 1.54) is 5.56 Å². The van der Waals surface area contributed by atoms with Gasteiger partial charge in [-0.3, -0.25) is 0 Å². The number of ether oxygens (including phenoxy) is 1. The molecule has 1 aliphatic heterocycles. The van der Waals surface area contributed by atoms with Gasteiger partial charge in [0.15, 0.2) is 0 Å². The SMILES string of the molecule is CCCNC(C)c1ccc(Br)cc1OC1CCN(C)CC1. The Kier molecular flexibility index (Phi) is 6.52. The average Bonchev–Trinajstić information content (AvgIpc) is 2.47. The van der Waals surface area contributed by atoms with Crippen molar-refractivity contribution in [1.82, 2.24) is 10.2 Å². The Hall–Kier alpha value is -0.580. The Morgan fingerprint density at radius 2 is 2.10 bits per heavy atom. The molecule has 1 aromatic carbocycles. The van der Waals surface area contributed by atoms with Crippen LogP contribution < -0.4 is 10.1 Å². The van der Waals surface area contributed by atoms with Crippen molar-refractivity contribution in [1.29, 1.82) is 0 Å². The maximum absolute atomic E-state index is 6.32. The van der Waals surface area contributed by atoms with Crippen LogP contribution in [0, 0.1) is 0 Å². The topological polar surface area (TPSA) is 24.5 Å². The molecule has 0 aromatic heterocycles. The lowest BCUT2D eigenvalue weighted by Gasteiger charge is -2.30. The van der Waals surface area contributed by atoms with Gasteiger partial charge in [0.2, 0.25) is 0 Å². The van der Waals surface area contributed by atoms with Crippen molar-refractivity contribution in [3.05, 3.63) is 28.2 Å². The second kappa shape index (κ2) is 8.16. The summed E-state index contributed by atoms with van der Waals surface area (Å²) in [6, 6.07) is 6.69. The summed E-state index contributed by atoms with van der Waals surface area (Å²) in [5.41, 5.74) is 1.26. The van der Waals surface area contributed by atoms with Crippen LogP contribution >= 0.6 is 15.9 Å². The second-order valence-corrected chi connectivity index (χ2v) is 6.89. The van der Waals surface area contributed by atoms with Crippen molar-refractivity contribution in [2.75, 3.05) is 26.7 Å². The maximum Gasteiger partial charge on any atom is 0.125 e. The fraction of sp³-hybridized carbons (Fsp3) is 0.647. The minimum absolute atomic E-state index is 0.319. The molecule has 1 heterocycles. The molecule has 0 amide bonds. The number of rotatable bonds is 6. The highest BCUT2D eigenvalue weighted by Gasteiger charge is 2.20. The van der Waals surface area contributed by atoms with Crippen molar-refractivity contribution >= 4 is 15.9 Å². The molecule has 4 heteroatoms. The van der Waals surface area contributed by atoms with Crippen molar-refractivity contribution in [3.63, 3.8) is 0 Å². The minimum Gasteiger partial charge on any atom is -0.490 e. The van der Waals surface area contributed by atoms with Crippen molar-refractivity contribution in [3.8, 4) is 5.75 Å². The summed E-state index contributed by atoms with van der Waals surface area (Å²) in [6.45, 7) is 7.68. The third-order valence-corrected chi connectivity index (χ3v) is 4.60. The highest BCUT2D eigenvalue weighted by atomic mass is 79.9. The lowest BCUT2D eigenvalue weighted by atomic mass is 10.1. The van der Waals surface area contributed by atoms with E-state index < -0.39 is 0 Å². The van der Waals surface area contributed by atoms with Crippen molar-refractivity contribution < 1.29 is 4.74 Å². The molecule has 1 aliphatic rings. The van der Waals surface area contributed by atoms with E-state index in [4.69, 9.17) is 4.74 Å². The minimum atomic E-state index is 0.319. The molecule has 1 atom stereocenters. The summed E-state index contributed by atoms with van der Waals surface area (Å²) in [7, 11) is 2.18. The molecule has 21 heavy (non-hydrogen) atoms. The van der Waals surface area contributed by atoms with Gasteiger partial charge in [-0.2, -0.15) is 0 Å². The molecule has 1 fully saturated rings. The molecule has 3 nitrogen and oxygen atoms in total. The molecule has 1 N–H and O–H groups in total. The first-order valence-corrected chi connectivity index (χ1v) is 8.77. The van der Waals surface area contributed by atoms with E-state index in [1.54, 1.807) is 0 Å². The Bertz CT molecular complexity index is 444. The molecule has 118 valence electrons. The molecule has 0 saturated carbocycles. The summed E-state index contributed by atoms with van der Waals surface area (Å²) in [5, 5.41) is 3.55. The van der Waals surface area contributed by atoms with Crippen molar-refractivity contribution in [2.45, 2.75) is 45.3 Å². The summed E-state index contributed by atoms with van der Waals surface area (Å²) >= 11 is 3.56. The van der Waals surface area contributed by atoms with E-state index in [0.717, 1.165) is 49.1 Å². The van der Waals surface area contributed by atoms with E-state index in [1.807, 2.05) is 0 Å². The lowest BCUT2D eigenvalue weighted by molar-refractivity contribution is 0.113. The van der Waals surface area contributed by atoms with E-state index in [2.05, 4.69) is 65.2 Å². The van der Waals surface area contributed by atoms with Gasteiger partial charge in [-0.15, -0.1) is 0 Å². The number of piperidine rings is 1. The van der Waals surface area contributed by atoms with Crippen LogP contribution in [-0.4, -0.2) is 37.7 Å². The Morgan fingerprint density at radius 3 is 2.76 bits per heavy atom. The van der Waals surface area contributed by atoms with E-state index >= 15 is 0 Å². The zero-order chi connectivity index (χ0) is 15.2. The molecule has 1 aromatic rings. The maximum atomic E-state index is 6.32. The molecule has 1 unspecified atom stereocenters. The molecule has 0 aliphatic carbocycles. The van der Waals surface area contributed by atoms with Gasteiger partial charge in [-0.25, -0.2) is 0 Å². The van der Waals surface area contributed by atoms with Gasteiger partial charge in [-0.1, -0.05) is 28.9 Å². The van der Waals surface area contributed by atoms with E-state index in [0.29, 0.717) is 12.1 Å². The third kappa shape index (κ3) is 4.97. The zero-order valence-corrected chi connectivity index (χ0v) is 14.9. The predicted molar refractivity (Wildman–Crippen MR) is 92.0 cm³/mol. The predicted octanol–water partition coefficient (Wildman–Crippen LogP) is 3.98. The molecular weight excluding hydrogens is 328 g/mol. The standard InChI is InChI=1S/C17H27BrN2O/c1-4-9-19-13(2)16-6-5-14(18)12-17(16)21-15-7-10-20(3)11-8-15/h5-6,12-13,15,19H,4,7-11H2,1-3H3. The average molecular weight is 355 g/mol. The number of benzene rings is 1. The lowest BCUT2D eigenvalue weighted by Crippen LogP contribution is -2.36. The molecule has 0 spiro atoms. The van der Waals surface area contributed by atoms with Gasteiger partial charge in [-0.05, 0) is 51.9 Å². The highest BCUT2D eigenvalue weighted by molar-refractivity contribution is 9.10. The number of nitrogens with one attached hydrogen (secondary N) is 1. The quantitative estimate of drug-likeness (QED) is 0.835. The number of hydrogen-bond acceptors (Lipinski definition) is 3. The monoisotopic (exact) mass is 354 g/mol. The van der Waals surface area contributed by atoms with Crippen LogP contribution in [0.25, 0.3) is 0 Å². The van der Waals surface area contributed by atoms with Crippen LogP contribution in [0.1, 0.15) is 44.7 Å². The van der Waals surface area contributed by atoms with Gasteiger partial charge in [0.05, 0.1) is 0 Å². The van der Waals surface area contributed by atoms with Crippen LogP contribution in [0.3, 0.4) is 0 Å². The van der Waals surface area contributed by atoms with Gasteiger partial charge < -0.3 is 15.0 Å². The number of halogens is 1. The smallest absolute Gasteiger partial charge is 0.125 e. The first-order valence-electron chi connectivity index (χ1n) is 7.98. The van der Waals surface area contributed by atoms with Crippen LogP contribution in [0.5, 0.6) is 5.75 Å². The highest BCUT2D eigenvalue weighted by Crippen LogP contribution is 2.31. The Morgan fingerprint density at radius 1 is 1.38 bits per heavy atom. The fourth-order valence-corrected chi connectivity index (χ4v) is 3.06. The fourth-order valence-electron chi connectivity index (χ4n) is 2.72. The Balaban J connectivity index is 2.07. The first-order chi connectivity index (χ1) is 10.1. The number of nitrogens with zero attached hydrogens (tertiary/aromatic N) is 1. The normalized spacial score (nSPS) is 18.7. The molecule has 0 radical (unpaired) electrons. The summed E-state index contributed by atoms with van der Waals surface area (Å²) in [6.07, 6.45) is 3.71. The van der Waals surface area contributed by atoms with Crippen LogP contribution in [0.2, 0.25) is 0 Å². The molecule has 2 rings (SSSR count). The van der Waals surface area contributed by atoms with Crippen LogP contribution in [-0.2, 0) is 0 Å². The largest absolute Gasteiger partial charge is 0.490 e. The first kappa shape index (κ1) is 16.8. The molecule has 1 saturated heterocycles. The molecular formula is C17H27BrN2O. The van der Waals surface area contributed by atoms with Crippen LogP contribution in [0.15, 0.2) is 22.7 Å². The van der Waals surface area contributed by atoms with Gasteiger partial charge in [0.25, 0.3) is 0 Å². The van der Waals surface area contributed by atoms with Gasteiger partial charge >= 0.3 is 0 Å². The van der Waals surface area contributed by atoms with Crippen molar-refractivity contribution in [2.24, 2.45) is 0 Å². The van der Waals surface area contributed by atoms with Gasteiger partial charge in [0.1, 0.15) is 11.9 Å². The van der Waals surface area contributed by atoms with Crippen LogP contribution in [0.4, 0.5) is 0 Å². The second-order valence-electron chi connectivity index (χ2n) is 5.98.